The minimum absolute atomic E-state index is 0.111. The molecule has 0 spiro atoms. The van der Waals surface area contributed by atoms with Gasteiger partial charge >= 0.3 is 0 Å². The van der Waals surface area contributed by atoms with Crippen LogP contribution in [0.1, 0.15) is 50.0 Å². The molecule has 2 amide bonds. The number of carbonyl (C=O) groups excluding carboxylic acids is 3. The van der Waals surface area contributed by atoms with Crippen LogP contribution < -0.4 is 20.7 Å². The zero-order valence-corrected chi connectivity index (χ0v) is 21.2. The number of hydrogen-bond acceptors (Lipinski definition) is 6. The molecule has 192 valence electrons. The largest absolute Gasteiger partial charge is 0.496 e. The molecule has 2 heterocycles. The number of aromatic amines is 1. The molecule has 5 N–H and O–H groups in total. The van der Waals surface area contributed by atoms with E-state index >= 15 is 0 Å². The number of H-pyrrole nitrogens is 1. The molecule has 1 aliphatic rings. The average molecular weight is 507 g/mol. The zero-order chi connectivity index (χ0) is 25.5. The van der Waals surface area contributed by atoms with Gasteiger partial charge < -0.3 is 25.5 Å². The Morgan fingerprint density at radius 3 is 2.66 bits per heavy atom. The Bertz CT molecular complexity index is 1040. The lowest BCUT2D eigenvalue weighted by Crippen LogP contribution is -2.54. The summed E-state index contributed by atoms with van der Waals surface area (Å²) in [5.74, 6) is -0.898. The number of halogens is 1. The monoisotopic (exact) mass is 506 g/mol. The van der Waals surface area contributed by atoms with Crippen LogP contribution >= 0.6 is 11.6 Å². The molecule has 9 nitrogen and oxygen atoms in total. The number of benzene rings is 1. The topological polar surface area (TPSA) is 133 Å². The Hall–Kier alpha value is -2.62. The van der Waals surface area contributed by atoms with Crippen molar-refractivity contribution in [1.82, 2.24) is 20.9 Å². The number of fused-ring (bicyclic) bond motifs is 1. The summed E-state index contributed by atoms with van der Waals surface area (Å²) < 4.78 is 5.36. The molecule has 3 rings (SSSR count). The number of aromatic nitrogens is 1. The maximum Gasteiger partial charge on any atom is 0.268 e. The zero-order valence-electron chi connectivity index (χ0n) is 20.4. The van der Waals surface area contributed by atoms with Crippen molar-refractivity contribution in [3.05, 3.63) is 30.0 Å². The number of carbonyl (C=O) groups is 3. The van der Waals surface area contributed by atoms with Gasteiger partial charge in [-0.05, 0) is 56.3 Å². The normalized spacial score (nSPS) is 19.8. The third kappa shape index (κ3) is 6.96. The van der Waals surface area contributed by atoms with Crippen molar-refractivity contribution in [2.75, 3.05) is 19.5 Å². The molecule has 1 unspecified atom stereocenters. The number of aliphatic hydroxyl groups is 1. The summed E-state index contributed by atoms with van der Waals surface area (Å²) >= 11 is 5.81. The highest BCUT2D eigenvalue weighted by Gasteiger charge is 2.32. The summed E-state index contributed by atoms with van der Waals surface area (Å²) in [5, 5.41) is 19.6. The van der Waals surface area contributed by atoms with Crippen LogP contribution in [0.2, 0.25) is 0 Å². The highest BCUT2D eigenvalue weighted by Crippen LogP contribution is 2.26. The molecule has 0 bridgehead atoms. The van der Waals surface area contributed by atoms with Crippen LogP contribution in [-0.2, 0) is 9.59 Å². The number of piperidine rings is 1. The van der Waals surface area contributed by atoms with Crippen molar-refractivity contribution in [3.8, 4) is 5.75 Å². The minimum Gasteiger partial charge on any atom is -0.496 e. The van der Waals surface area contributed by atoms with Crippen LogP contribution in [0.4, 0.5) is 0 Å². The third-order valence-electron chi connectivity index (χ3n) is 6.34. The molecule has 35 heavy (non-hydrogen) atoms. The lowest BCUT2D eigenvalue weighted by atomic mass is 9.89. The molecule has 0 radical (unpaired) electrons. The third-order valence-corrected chi connectivity index (χ3v) is 6.61. The van der Waals surface area contributed by atoms with E-state index in [2.05, 4.69) is 20.9 Å². The van der Waals surface area contributed by atoms with Gasteiger partial charge in [-0.15, -0.1) is 11.6 Å². The number of rotatable bonds is 11. The molecule has 1 aromatic carbocycles. The second-order valence-electron chi connectivity index (χ2n) is 9.46. The van der Waals surface area contributed by atoms with Crippen molar-refractivity contribution in [2.24, 2.45) is 11.8 Å². The van der Waals surface area contributed by atoms with Crippen LogP contribution in [-0.4, -0.2) is 65.5 Å². The number of ether oxygens (including phenoxy) is 1. The lowest BCUT2D eigenvalue weighted by molar-refractivity contribution is -0.129. The van der Waals surface area contributed by atoms with Crippen LogP contribution in [0.3, 0.4) is 0 Å². The molecular formula is C25H35ClN4O5. The number of alkyl halides is 1. The van der Waals surface area contributed by atoms with Gasteiger partial charge in [-0.3, -0.25) is 19.7 Å². The van der Waals surface area contributed by atoms with Gasteiger partial charge in [0, 0.05) is 16.8 Å². The van der Waals surface area contributed by atoms with Gasteiger partial charge in [0.25, 0.3) is 5.91 Å². The van der Waals surface area contributed by atoms with Crippen LogP contribution in [0.5, 0.6) is 5.75 Å². The quantitative estimate of drug-likeness (QED) is 0.297. The number of aliphatic hydroxyl groups excluding tert-OH is 1. The molecule has 1 aliphatic heterocycles. The van der Waals surface area contributed by atoms with Gasteiger partial charge in [0.1, 0.15) is 23.7 Å². The van der Waals surface area contributed by atoms with E-state index < -0.39 is 30.1 Å². The van der Waals surface area contributed by atoms with Crippen LogP contribution in [0.25, 0.3) is 10.9 Å². The van der Waals surface area contributed by atoms with Crippen molar-refractivity contribution in [1.29, 1.82) is 0 Å². The first-order valence-electron chi connectivity index (χ1n) is 12.0. The average Bonchev–Trinajstić information content (AvgIpc) is 3.28. The second-order valence-corrected chi connectivity index (χ2v) is 9.73. The molecule has 1 fully saturated rings. The molecule has 2 aromatic rings. The van der Waals surface area contributed by atoms with Crippen molar-refractivity contribution >= 4 is 40.1 Å². The lowest BCUT2D eigenvalue weighted by Gasteiger charge is -2.32. The molecule has 4 atom stereocenters. The number of Topliss-reactive ketones (excluding diaryl/α,β-unsaturated/α-hetero) is 1. The fourth-order valence-corrected chi connectivity index (χ4v) is 4.68. The molecule has 1 saturated heterocycles. The Kier molecular flexibility index (Phi) is 9.54. The summed E-state index contributed by atoms with van der Waals surface area (Å²) in [6.07, 6.45) is 1.54. The fourth-order valence-electron chi connectivity index (χ4n) is 4.49. The summed E-state index contributed by atoms with van der Waals surface area (Å²) in [7, 11) is 1.56. The SMILES string of the molecule is COc1cccc2[nH]c(C(=O)N[C@@H](CC(C)C)C(=O)N[C@@H](C[C@@H]3CCCNC3O)C(=O)CCl)cc12. The van der Waals surface area contributed by atoms with E-state index in [-0.39, 0.29) is 29.9 Å². The van der Waals surface area contributed by atoms with Gasteiger partial charge in [0.2, 0.25) is 5.91 Å². The predicted octanol–water partition coefficient (Wildman–Crippen LogP) is 2.32. The van der Waals surface area contributed by atoms with E-state index in [0.29, 0.717) is 24.4 Å². The van der Waals surface area contributed by atoms with Gasteiger partial charge in [-0.25, -0.2) is 0 Å². The van der Waals surface area contributed by atoms with Gasteiger partial charge in [0.05, 0.1) is 19.0 Å². The first-order valence-corrected chi connectivity index (χ1v) is 12.5. The maximum absolute atomic E-state index is 13.2. The Labute approximate surface area is 210 Å². The summed E-state index contributed by atoms with van der Waals surface area (Å²) in [4.78, 5) is 41.9. The number of amides is 2. The van der Waals surface area contributed by atoms with Crippen molar-refractivity contribution in [2.45, 2.75) is 57.8 Å². The van der Waals surface area contributed by atoms with Gasteiger partial charge in [-0.2, -0.15) is 0 Å². The van der Waals surface area contributed by atoms with E-state index in [1.165, 1.54) is 0 Å². The molecular weight excluding hydrogens is 472 g/mol. The van der Waals surface area contributed by atoms with E-state index in [0.717, 1.165) is 23.7 Å². The van der Waals surface area contributed by atoms with Crippen LogP contribution in [0, 0.1) is 11.8 Å². The highest BCUT2D eigenvalue weighted by molar-refractivity contribution is 6.28. The minimum atomic E-state index is -0.851. The number of methoxy groups -OCH3 is 1. The Morgan fingerprint density at radius 1 is 1.23 bits per heavy atom. The summed E-state index contributed by atoms with van der Waals surface area (Å²) in [6.45, 7) is 4.61. The fraction of sp³-hybridized carbons (Fsp3) is 0.560. The van der Waals surface area contributed by atoms with E-state index in [1.807, 2.05) is 26.0 Å². The Balaban J connectivity index is 1.75. The van der Waals surface area contributed by atoms with E-state index in [1.54, 1.807) is 19.2 Å². The number of ketones is 1. The van der Waals surface area contributed by atoms with Gasteiger partial charge in [-0.1, -0.05) is 19.9 Å². The molecule has 10 heteroatoms. The van der Waals surface area contributed by atoms with E-state index in [4.69, 9.17) is 16.3 Å². The van der Waals surface area contributed by atoms with Crippen molar-refractivity contribution in [3.63, 3.8) is 0 Å². The summed E-state index contributed by atoms with van der Waals surface area (Å²) in [5.41, 5.74) is 1.04. The van der Waals surface area contributed by atoms with E-state index in [9.17, 15) is 19.5 Å². The van der Waals surface area contributed by atoms with Crippen molar-refractivity contribution < 1.29 is 24.2 Å². The second kappa shape index (κ2) is 12.4. The summed E-state index contributed by atoms with van der Waals surface area (Å²) in [6, 6.07) is 5.45. The molecule has 1 aromatic heterocycles. The van der Waals surface area contributed by atoms with Gasteiger partial charge in [0.15, 0.2) is 5.78 Å². The standard InChI is InChI=1S/C25H35ClN4O5/c1-14(2)10-19(30-25(34)20-12-16-17(28-20)7-4-8-22(16)35-3)24(33)29-18(21(31)13-26)11-15-6-5-9-27-23(15)32/h4,7-8,12,14-15,18-19,23,27-28,32H,5-6,9-11,13H2,1-3H3,(H,29,33)(H,30,34)/t15-,18-,19-,23?/m0/s1. The molecule has 0 aliphatic carbocycles. The predicted molar refractivity (Wildman–Crippen MR) is 135 cm³/mol. The smallest absolute Gasteiger partial charge is 0.268 e. The number of nitrogens with one attached hydrogen (secondary N) is 4. The number of hydrogen-bond donors (Lipinski definition) is 5. The maximum atomic E-state index is 13.2. The van der Waals surface area contributed by atoms with Crippen LogP contribution in [0.15, 0.2) is 24.3 Å². The first kappa shape index (κ1) is 27.0. The Morgan fingerprint density at radius 2 is 2.00 bits per heavy atom. The molecule has 0 saturated carbocycles. The first-order chi connectivity index (χ1) is 16.7. The highest BCUT2D eigenvalue weighted by atomic mass is 35.5.